The fourth-order valence-corrected chi connectivity index (χ4v) is 3.88. The molecule has 7 nitrogen and oxygen atoms in total. The van der Waals surface area contributed by atoms with E-state index in [0.717, 1.165) is 5.56 Å². The molecule has 2 N–H and O–H groups in total. The normalized spacial score (nSPS) is 13.8. The van der Waals surface area contributed by atoms with Crippen molar-refractivity contribution in [2.75, 3.05) is 0 Å². The van der Waals surface area contributed by atoms with Crippen LogP contribution in [0.15, 0.2) is 30.7 Å². The number of hydrogen-bond donors (Lipinski definition) is 2. The molecule has 0 fully saturated rings. The summed E-state index contributed by atoms with van der Waals surface area (Å²) in [6, 6.07) is 3.51. The molecule has 2 rings (SSSR count). The molecule has 0 saturated heterocycles. The van der Waals surface area contributed by atoms with Gasteiger partial charge in [-0.1, -0.05) is 37.0 Å². The summed E-state index contributed by atoms with van der Waals surface area (Å²) in [6.07, 6.45) is 3.84. The van der Waals surface area contributed by atoms with Gasteiger partial charge < -0.3 is 14.4 Å². The number of carbonyl (C=O) groups excluding carboxylic acids is 1. The molecule has 0 aliphatic rings. The Morgan fingerprint density at radius 1 is 1.16 bits per heavy atom. The minimum absolute atomic E-state index is 0.140. The maximum Gasteiger partial charge on any atom is 0.323 e. The maximum atomic E-state index is 12.7. The average Bonchev–Trinajstić information content (AvgIpc) is 3.04. The smallest absolute Gasteiger partial charge is 0.323 e. The van der Waals surface area contributed by atoms with Crippen LogP contribution in [-0.4, -0.2) is 44.3 Å². The monoisotopic (exact) mass is 483 g/mol. The third-order valence-corrected chi connectivity index (χ3v) is 5.02. The zero-order valence-electron chi connectivity index (χ0n) is 19.1. The minimum atomic E-state index is -1.05. The average molecular weight is 484 g/mol. The Balaban J connectivity index is 2.20. The SMILES string of the molecule is CC(C)C[C@H](NC(Cc1cncn1Cc1cc(Cl)cc(Cl)c1)C(=O)O)C(=O)OC(C)(C)C. The van der Waals surface area contributed by atoms with Crippen LogP contribution in [0, 0.1) is 5.92 Å². The van der Waals surface area contributed by atoms with E-state index in [9.17, 15) is 14.7 Å². The summed E-state index contributed by atoms with van der Waals surface area (Å²) in [5, 5.41) is 13.9. The number of aliphatic carboxylic acids is 1. The first-order chi connectivity index (χ1) is 14.8. The van der Waals surface area contributed by atoms with Crippen molar-refractivity contribution in [2.45, 2.75) is 71.7 Å². The lowest BCUT2D eigenvalue weighted by Gasteiger charge is -2.27. The second kappa shape index (κ2) is 11.2. The van der Waals surface area contributed by atoms with Crippen molar-refractivity contribution in [2.24, 2.45) is 5.92 Å². The number of rotatable bonds is 10. The number of nitrogens with one attached hydrogen (secondary N) is 1. The molecule has 2 atom stereocenters. The highest BCUT2D eigenvalue weighted by atomic mass is 35.5. The highest BCUT2D eigenvalue weighted by Crippen LogP contribution is 2.21. The van der Waals surface area contributed by atoms with Gasteiger partial charge in [0.25, 0.3) is 0 Å². The molecule has 2 aromatic rings. The van der Waals surface area contributed by atoms with Crippen LogP contribution in [0.1, 0.15) is 52.3 Å². The number of ether oxygens (including phenoxy) is 1. The van der Waals surface area contributed by atoms with E-state index < -0.39 is 29.6 Å². The van der Waals surface area contributed by atoms with Gasteiger partial charge in [-0.05, 0) is 56.9 Å². The second-order valence-corrected chi connectivity index (χ2v) is 10.1. The number of aromatic nitrogens is 2. The summed E-state index contributed by atoms with van der Waals surface area (Å²) in [7, 11) is 0. The molecule has 1 aromatic carbocycles. The van der Waals surface area contributed by atoms with E-state index in [4.69, 9.17) is 27.9 Å². The number of carbonyl (C=O) groups is 2. The van der Waals surface area contributed by atoms with Crippen LogP contribution in [0.2, 0.25) is 10.0 Å². The molecular formula is C23H31Cl2N3O4. The van der Waals surface area contributed by atoms with Crippen molar-refractivity contribution in [3.63, 3.8) is 0 Å². The summed E-state index contributed by atoms with van der Waals surface area (Å²) in [4.78, 5) is 28.9. The number of carboxylic acid groups (broad SMARTS) is 1. The highest BCUT2D eigenvalue weighted by molar-refractivity contribution is 6.34. The minimum Gasteiger partial charge on any atom is -0.480 e. The first kappa shape index (κ1) is 26.2. The molecule has 0 radical (unpaired) electrons. The van der Waals surface area contributed by atoms with Gasteiger partial charge in [0.2, 0.25) is 0 Å². The molecule has 0 saturated carbocycles. The lowest BCUT2D eigenvalue weighted by Crippen LogP contribution is -2.50. The lowest BCUT2D eigenvalue weighted by atomic mass is 10.0. The predicted octanol–water partition coefficient (Wildman–Crippen LogP) is 4.58. The van der Waals surface area contributed by atoms with Gasteiger partial charge in [-0.3, -0.25) is 14.9 Å². The van der Waals surface area contributed by atoms with Crippen LogP contribution in [0.25, 0.3) is 0 Å². The molecule has 9 heteroatoms. The van der Waals surface area contributed by atoms with Crippen molar-refractivity contribution in [3.8, 4) is 0 Å². The van der Waals surface area contributed by atoms with E-state index in [0.29, 0.717) is 28.7 Å². The van der Waals surface area contributed by atoms with E-state index in [1.807, 2.05) is 18.4 Å². The summed E-state index contributed by atoms with van der Waals surface area (Å²) in [5.74, 6) is -1.34. The van der Waals surface area contributed by atoms with Crippen molar-refractivity contribution in [1.82, 2.24) is 14.9 Å². The van der Waals surface area contributed by atoms with Crippen molar-refractivity contribution < 1.29 is 19.4 Å². The Morgan fingerprint density at radius 2 is 1.78 bits per heavy atom. The van der Waals surface area contributed by atoms with E-state index in [1.165, 1.54) is 0 Å². The van der Waals surface area contributed by atoms with Crippen molar-refractivity contribution >= 4 is 35.1 Å². The van der Waals surface area contributed by atoms with Crippen LogP contribution >= 0.6 is 23.2 Å². The molecule has 0 aliphatic heterocycles. The lowest BCUT2D eigenvalue weighted by molar-refractivity contribution is -0.158. The zero-order valence-corrected chi connectivity index (χ0v) is 20.6. The van der Waals surface area contributed by atoms with Crippen LogP contribution in [0.4, 0.5) is 0 Å². The Morgan fingerprint density at radius 3 is 2.31 bits per heavy atom. The van der Waals surface area contributed by atoms with E-state index in [2.05, 4.69) is 10.3 Å². The van der Waals surface area contributed by atoms with Gasteiger partial charge in [-0.15, -0.1) is 0 Å². The van der Waals surface area contributed by atoms with Gasteiger partial charge in [-0.25, -0.2) is 4.98 Å². The number of halogens is 2. The summed E-state index contributed by atoms with van der Waals surface area (Å²) >= 11 is 12.2. The molecular weight excluding hydrogens is 453 g/mol. The van der Waals surface area contributed by atoms with E-state index in [1.54, 1.807) is 51.5 Å². The first-order valence-corrected chi connectivity index (χ1v) is 11.3. The molecule has 32 heavy (non-hydrogen) atoms. The van der Waals surface area contributed by atoms with E-state index >= 15 is 0 Å². The molecule has 0 aliphatic carbocycles. The third-order valence-electron chi connectivity index (χ3n) is 4.59. The second-order valence-electron chi connectivity index (χ2n) is 9.27. The topological polar surface area (TPSA) is 93.5 Å². The van der Waals surface area contributed by atoms with Crippen molar-refractivity contribution in [3.05, 3.63) is 52.0 Å². The first-order valence-electron chi connectivity index (χ1n) is 10.5. The number of nitrogens with zero attached hydrogens (tertiary/aromatic N) is 2. The van der Waals surface area contributed by atoms with Crippen LogP contribution < -0.4 is 5.32 Å². The Kier molecular flexibility index (Phi) is 9.13. The van der Waals surface area contributed by atoms with Gasteiger partial charge >= 0.3 is 11.9 Å². The molecule has 0 bridgehead atoms. The Labute approximate surface area is 199 Å². The number of imidazole rings is 1. The fourth-order valence-electron chi connectivity index (χ4n) is 3.31. The van der Waals surface area contributed by atoms with Gasteiger partial charge in [-0.2, -0.15) is 0 Å². The number of esters is 1. The number of carboxylic acids is 1. The molecule has 0 amide bonds. The van der Waals surface area contributed by atoms with Gasteiger partial charge in [0.05, 0.1) is 6.33 Å². The van der Waals surface area contributed by atoms with Crippen LogP contribution in [-0.2, 0) is 27.3 Å². The fraction of sp³-hybridized carbons (Fsp3) is 0.522. The highest BCUT2D eigenvalue weighted by Gasteiger charge is 2.31. The number of benzene rings is 1. The standard InChI is InChI=1S/C23H31Cl2N3O4/c1-14(2)6-20(22(31)32-23(3,4)5)27-19(21(29)30)10-18-11-26-13-28(18)12-15-7-16(24)9-17(25)8-15/h7-9,11,13-14,19-20,27H,6,10,12H2,1-5H3,(H,29,30)/t19?,20-/m0/s1. The third kappa shape index (κ3) is 8.45. The van der Waals surface area contributed by atoms with Crippen molar-refractivity contribution in [1.29, 1.82) is 0 Å². The molecule has 1 heterocycles. The van der Waals surface area contributed by atoms with E-state index in [-0.39, 0.29) is 12.3 Å². The van der Waals surface area contributed by atoms with Crippen LogP contribution in [0.5, 0.6) is 0 Å². The Bertz CT molecular complexity index is 917. The largest absolute Gasteiger partial charge is 0.480 e. The van der Waals surface area contributed by atoms with Gasteiger partial charge in [0.1, 0.15) is 17.7 Å². The van der Waals surface area contributed by atoms with Gasteiger partial charge in [0, 0.05) is 34.9 Å². The maximum absolute atomic E-state index is 12.7. The molecule has 176 valence electrons. The summed E-state index contributed by atoms with van der Waals surface area (Å²) in [6.45, 7) is 9.73. The van der Waals surface area contributed by atoms with Gasteiger partial charge in [0.15, 0.2) is 0 Å². The molecule has 1 unspecified atom stereocenters. The number of hydrogen-bond acceptors (Lipinski definition) is 5. The Hall–Kier alpha value is -2.09. The predicted molar refractivity (Wildman–Crippen MR) is 125 cm³/mol. The summed E-state index contributed by atoms with van der Waals surface area (Å²) < 4.78 is 7.34. The molecule has 1 aromatic heterocycles. The zero-order chi connectivity index (χ0) is 24.1. The quantitative estimate of drug-likeness (QED) is 0.480. The molecule has 0 spiro atoms. The summed E-state index contributed by atoms with van der Waals surface area (Å²) in [5.41, 5.74) is 0.908. The van der Waals surface area contributed by atoms with Crippen LogP contribution in [0.3, 0.4) is 0 Å².